The van der Waals surface area contributed by atoms with Crippen molar-refractivity contribution in [2.45, 2.75) is 25.1 Å². The van der Waals surface area contributed by atoms with Crippen LogP contribution in [0.3, 0.4) is 0 Å². The summed E-state index contributed by atoms with van der Waals surface area (Å²) in [5.74, 6) is -1.99. The van der Waals surface area contributed by atoms with Crippen molar-refractivity contribution in [1.29, 1.82) is 0 Å². The summed E-state index contributed by atoms with van der Waals surface area (Å²) in [5.41, 5.74) is -5.59. The molecule has 0 amide bonds. The molecular formula is C10H12F4O3SSi. The smallest absolute Gasteiger partial charge is 0.373 e. The second kappa shape index (κ2) is 4.78. The summed E-state index contributed by atoms with van der Waals surface area (Å²) in [6.45, 7) is 5.19. The molecule has 0 bridgehead atoms. The molecule has 0 aromatic heterocycles. The minimum atomic E-state index is -5.87. The summed E-state index contributed by atoms with van der Waals surface area (Å²) in [4.78, 5) is 0. The van der Waals surface area contributed by atoms with Gasteiger partial charge in [0.05, 0.1) is 8.07 Å². The van der Waals surface area contributed by atoms with Crippen molar-refractivity contribution in [2.24, 2.45) is 0 Å². The van der Waals surface area contributed by atoms with Gasteiger partial charge >= 0.3 is 15.6 Å². The van der Waals surface area contributed by atoms with Crippen molar-refractivity contribution in [1.82, 2.24) is 0 Å². The topological polar surface area (TPSA) is 43.4 Å². The first-order valence-corrected chi connectivity index (χ1v) is 10.1. The molecule has 0 radical (unpaired) electrons. The van der Waals surface area contributed by atoms with Crippen LogP contribution in [0.1, 0.15) is 0 Å². The Kier molecular flexibility index (Phi) is 4.02. The van der Waals surface area contributed by atoms with E-state index in [1.807, 2.05) is 0 Å². The molecule has 1 aromatic carbocycles. The van der Waals surface area contributed by atoms with E-state index < -0.39 is 35.3 Å². The number of hydrogen-bond donors (Lipinski definition) is 0. The van der Waals surface area contributed by atoms with E-state index in [0.29, 0.717) is 0 Å². The summed E-state index contributed by atoms with van der Waals surface area (Å²) in [6, 6.07) is 3.53. The molecule has 0 spiro atoms. The van der Waals surface area contributed by atoms with Gasteiger partial charge in [-0.25, -0.2) is 4.39 Å². The summed E-state index contributed by atoms with van der Waals surface area (Å²) in [6.07, 6.45) is 0. The van der Waals surface area contributed by atoms with Crippen LogP contribution in [-0.4, -0.2) is 22.0 Å². The lowest BCUT2D eigenvalue weighted by molar-refractivity contribution is -0.0500. The largest absolute Gasteiger partial charge is 0.534 e. The lowest BCUT2D eigenvalue weighted by atomic mass is 10.3. The minimum absolute atomic E-state index is 0.167. The number of rotatable bonds is 3. The van der Waals surface area contributed by atoms with Gasteiger partial charge in [0.2, 0.25) is 0 Å². The SMILES string of the molecule is C[Si](C)(C)c1cccc(F)c1OS(=O)(=O)C(F)(F)F. The minimum Gasteiger partial charge on any atom is -0.373 e. The van der Waals surface area contributed by atoms with Crippen LogP contribution >= 0.6 is 0 Å². The maximum absolute atomic E-state index is 13.6. The molecular weight excluding hydrogens is 304 g/mol. The Balaban J connectivity index is 3.38. The molecule has 0 fully saturated rings. The van der Waals surface area contributed by atoms with Gasteiger partial charge in [-0.05, 0) is 11.3 Å². The molecule has 3 nitrogen and oxygen atoms in total. The van der Waals surface area contributed by atoms with Crippen LogP contribution in [0, 0.1) is 5.82 Å². The van der Waals surface area contributed by atoms with E-state index >= 15 is 0 Å². The zero-order valence-corrected chi connectivity index (χ0v) is 12.2. The fourth-order valence-electron chi connectivity index (χ4n) is 1.34. The Morgan fingerprint density at radius 2 is 1.68 bits per heavy atom. The molecule has 0 saturated heterocycles. The molecule has 1 rings (SSSR count). The lowest BCUT2D eigenvalue weighted by Gasteiger charge is -2.21. The second-order valence-corrected chi connectivity index (χ2v) is 11.4. The Bertz CT molecular complexity index is 575. The third-order valence-electron chi connectivity index (χ3n) is 2.25. The van der Waals surface area contributed by atoms with Gasteiger partial charge in [0.25, 0.3) is 0 Å². The number of hydrogen-bond acceptors (Lipinski definition) is 3. The van der Waals surface area contributed by atoms with Gasteiger partial charge in [0.15, 0.2) is 11.6 Å². The maximum Gasteiger partial charge on any atom is 0.534 e. The third kappa shape index (κ3) is 3.47. The molecule has 0 aliphatic rings. The molecule has 0 unspecified atom stereocenters. The third-order valence-corrected chi connectivity index (χ3v) is 5.21. The first-order chi connectivity index (χ1) is 8.36. The van der Waals surface area contributed by atoms with Crippen molar-refractivity contribution >= 4 is 23.4 Å². The zero-order chi connectivity index (χ0) is 15.1. The molecule has 0 saturated carbocycles. The molecule has 1 aromatic rings. The standard InChI is InChI=1S/C10H12F4O3SSi/c1-19(2,3)8-6-4-5-7(11)9(8)17-18(15,16)10(12,13)14/h4-6H,1-3H3. The van der Waals surface area contributed by atoms with Crippen molar-refractivity contribution in [2.75, 3.05) is 0 Å². The van der Waals surface area contributed by atoms with Crippen LogP contribution in [0.5, 0.6) is 5.75 Å². The normalized spacial score (nSPS) is 13.4. The van der Waals surface area contributed by atoms with Gasteiger partial charge in [-0.1, -0.05) is 31.8 Å². The number of halogens is 4. The summed E-state index contributed by atoms with van der Waals surface area (Å²) >= 11 is 0. The first-order valence-electron chi connectivity index (χ1n) is 5.16. The first kappa shape index (κ1) is 16.0. The molecule has 0 N–H and O–H groups in total. The van der Waals surface area contributed by atoms with E-state index in [0.717, 1.165) is 6.07 Å². The number of para-hydroxylation sites is 1. The Morgan fingerprint density at radius 3 is 2.11 bits per heavy atom. The molecule has 0 aliphatic heterocycles. The van der Waals surface area contributed by atoms with Gasteiger partial charge in [-0.15, -0.1) is 0 Å². The lowest BCUT2D eigenvalue weighted by Crippen LogP contribution is -2.40. The van der Waals surface area contributed by atoms with Gasteiger partial charge in [-0.2, -0.15) is 21.6 Å². The van der Waals surface area contributed by atoms with Crippen LogP contribution in [0.2, 0.25) is 19.6 Å². The zero-order valence-electron chi connectivity index (χ0n) is 10.4. The number of alkyl halides is 3. The highest BCUT2D eigenvalue weighted by molar-refractivity contribution is 7.88. The Labute approximate surface area is 109 Å². The predicted octanol–water partition coefficient (Wildman–Crippen LogP) is 2.60. The monoisotopic (exact) mass is 316 g/mol. The fraction of sp³-hybridized carbons (Fsp3) is 0.400. The van der Waals surface area contributed by atoms with Gasteiger partial charge in [0, 0.05) is 0 Å². The highest BCUT2D eigenvalue weighted by Gasteiger charge is 2.49. The second-order valence-electron chi connectivity index (χ2n) is 4.85. The summed E-state index contributed by atoms with van der Waals surface area (Å²) < 4.78 is 76.2. The maximum atomic E-state index is 13.6. The van der Waals surface area contributed by atoms with Gasteiger partial charge in [-0.3, -0.25) is 0 Å². The summed E-state index contributed by atoms with van der Waals surface area (Å²) in [7, 11) is -8.14. The van der Waals surface area contributed by atoms with Gasteiger partial charge < -0.3 is 4.18 Å². The molecule has 108 valence electrons. The van der Waals surface area contributed by atoms with Crippen molar-refractivity contribution < 1.29 is 30.2 Å². The van der Waals surface area contributed by atoms with E-state index in [1.165, 1.54) is 12.1 Å². The average Bonchev–Trinajstić information content (AvgIpc) is 2.17. The van der Waals surface area contributed by atoms with E-state index in [2.05, 4.69) is 4.18 Å². The van der Waals surface area contributed by atoms with Crippen LogP contribution in [0.4, 0.5) is 17.6 Å². The molecule has 19 heavy (non-hydrogen) atoms. The highest BCUT2D eigenvalue weighted by atomic mass is 32.2. The van der Waals surface area contributed by atoms with Crippen molar-refractivity contribution in [3.8, 4) is 5.75 Å². The van der Waals surface area contributed by atoms with Crippen LogP contribution in [0.15, 0.2) is 18.2 Å². The van der Waals surface area contributed by atoms with Crippen LogP contribution in [-0.2, 0) is 10.1 Å². The van der Waals surface area contributed by atoms with E-state index in [9.17, 15) is 26.0 Å². The van der Waals surface area contributed by atoms with Crippen LogP contribution in [0.25, 0.3) is 0 Å². The van der Waals surface area contributed by atoms with Crippen LogP contribution < -0.4 is 9.37 Å². The molecule has 9 heteroatoms. The Morgan fingerprint density at radius 1 is 1.16 bits per heavy atom. The average molecular weight is 316 g/mol. The predicted molar refractivity (Wildman–Crippen MR) is 65.0 cm³/mol. The van der Waals surface area contributed by atoms with E-state index in [4.69, 9.17) is 0 Å². The van der Waals surface area contributed by atoms with E-state index in [1.54, 1.807) is 19.6 Å². The fourth-order valence-corrected chi connectivity index (χ4v) is 3.35. The van der Waals surface area contributed by atoms with E-state index in [-0.39, 0.29) is 5.19 Å². The molecule has 0 aliphatic carbocycles. The van der Waals surface area contributed by atoms with Gasteiger partial charge in [0.1, 0.15) is 0 Å². The molecule has 0 heterocycles. The summed E-state index contributed by atoms with van der Waals surface area (Å²) in [5, 5.41) is 0.167. The van der Waals surface area contributed by atoms with Crippen molar-refractivity contribution in [3.63, 3.8) is 0 Å². The van der Waals surface area contributed by atoms with Crippen molar-refractivity contribution in [3.05, 3.63) is 24.0 Å². The quantitative estimate of drug-likeness (QED) is 0.373. The molecule has 0 atom stereocenters. The highest BCUT2D eigenvalue weighted by Crippen LogP contribution is 2.28. The number of benzene rings is 1. The Hall–Kier alpha value is -1.09.